The molecule has 4 rings (SSSR count). The van der Waals surface area contributed by atoms with E-state index in [1.54, 1.807) is 23.7 Å². The first-order chi connectivity index (χ1) is 13.7. The number of hydrogen-bond donors (Lipinski definition) is 1. The van der Waals surface area contributed by atoms with E-state index >= 15 is 0 Å². The van der Waals surface area contributed by atoms with Gasteiger partial charge < -0.3 is 19.9 Å². The van der Waals surface area contributed by atoms with Gasteiger partial charge in [-0.2, -0.15) is 0 Å². The molecular formula is C19H23N5O2S2. The Bertz CT molecular complexity index is 863. The number of thiophene rings is 1. The molecule has 0 radical (unpaired) electrons. The molecule has 0 bridgehead atoms. The van der Waals surface area contributed by atoms with E-state index < -0.39 is 0 Å². The molecule has 2 aromatic rings. The van der Waals surface area contributed by atoms with Gasteiger partial charge in [0.25, 0.3) is 0 Å². The van der Waals surface area contributed by atoms with Crippen molar-refractivity contribution < 1.29 is 9.53 Å². The van der Waals surface area contributed by atoms with Crippen molar-refractivity contribution in [2.24, 2.45) is 0 Å². The number of rotatable bonds is 3. The number of anilines is 2. The van der Waals surface area contributed by atoms with Crippen molar-refractivity contribution in [1.29, 1.82) is 0 Å². The van der Waals surface area contributed by atoms with Gasteiger partial charge in [0.05, 0.1) is 12.7 Å². The van der Waals surface area contributed by atoms with E-state index in [-0.39, 0.29) is 5.97 Å². The Labute approximate surface area is 173 Å². The fourth-order valence-corrected chi connectivity index (χ4v) is 5.34. The van der Waals surface area contributed by atoms with Crippen molar-refractivity contribution in [2.45, 2.75) is 25.7 Å². The van der Waals surface area contributed by atoms with Gasteiger partial charge in [-0.1, -0.05) is 0 Å². The molecule has 0 aromatic carbocycles. The monoisotopic (exact) mass is 417 g/mol. The maximum absolute atomic E-state index is 12.4. The van der Waals surface area contributed by atoms with Gasteiger partial charge in [-0.15, -0.1) is 11.3 Å². The van der Waals surface area contributed by atoms with Gasteiger partial charge >= 0.3 is 5.97 Å². The highest BCUT2D eigenvalue weighted by Crippen LogP contribution is 2.38. The molecule has 1 N–H and O–H groups in total. The van der Waals surface area contributed by atoms with Crippen LogP contribution in [0.25, 0.3) is 0 Å². The molecule has 2 aliphatic rings. The largest absolute Gasteiger partial charge is 0.465 e. The number of carbonyl (C=O) groups excluding carboxylic acids is 1. The number of carbonyl (C=O) groups is 1. The molecule has 3 heterocycles. The summed E-state index contributed by atoms with van der Waals surface area (Å²) < 4.78 is 5.04. The lowest BCUT2D eigenvalue weighted by Gasteiger charge is -2.36. The highest BCUT2D eigenvalue weighted by atomic mass is 32.1. The van der Waals surface area contributed by atoms with Crippen LogP contribution in [0.1, 0.15) is 33.6 Å². The molecular weight excluding hydrogens is 394 g/mol. The van der Waals surface area contributed by atoms with E-state index in [1.165, 1.54) is 18.4 Å². The summed E-state index contributed by atoms with van der Waals surface area (Å²) >= 11 is 7.29. The van der Waals surface area contributed by atoms with Crippen molar-refractivity contribution in [3.63, 3.8) is 0 Å². The van der Waals surface area contributed by atoms with E-state index in [1.807, 2.05) is 6.07 Å². The van der Waals surface area contributed by atoms with Crippen LogP contribution >= 0.6 is 23.6 Å². The third-order valence-corrected chi connectivity index (χ3v) is 6.75. The number of fused-ring (bicyclic) bond motifs is 1. The SMILES string of the molecule is COC(=O)c1c(NC(=S)N2CCN(c3ncccn3)CC2)sc2c1CCCC2. The predicted octanol–water partition coefficient (Wildman–Crippen LogP) is 2.72. The van der Waals surface area contributed by atoms with Crippen LogP contribution in [0, 0.1) is 0 Å². The van der Waals surface area contributed by atoms with Gasteiger partial charge in [0.2, 0.25) is 5.95 Å². The number of nitrogens with zero attached hydrogens (tertiary/aromatic N) is 4. The molecule has 1 fully saturated rings. The Hall–Kier alpha value is -2.26. The highest BCUT2D eigenvalue weighted by molar-refractivity contribution is 7.80. The molecule has 0 amide bonds. The smallest absolute Gasteiger partial charge is 0.341 e. The number of hydrogen-bond acceptors (Lipinski definition) is 7. The van der Waals surface area contributed by atoms with Crippen LogP contribution in [-0.2, 0) is 17.6 Å². The molecule has 9 heteroatoms. The van der Waals surface area contributed by atoms with Gasteiger partial charge in [-0.05, 0) is 49.5 Å². The Balaban J connectivity index is 1.44. The Morgan fingerprint density at radius 1 is 1.18 bits per heavy atom. The summed E-state index contributed by atoms with van der Waals surface area (Å²) in [5.41, 5.74) is 1.81. The maximum atomic E-state index is 12.4. The molecule has 1 aliphatic carbocycles. The maximum Gasteiger partial charge on any atom is 0.341 e. The van der Waals surface area contributed by atoms with E-state index in [2.05, 4.69) is 25.1 Å². The fourth-order valence-electron chi connectivity index (χ4n) is 3.71. The molecule has 148 valence electrons. The zero-order valence-electron chi connectivity index (χ0n) is 15.8. The first-order valence-electron chi connectivity index (χ1n) is 9.48. The van der Waals surface area contributed by atoms with Gasteiger partial charge in [0, 0.05) is 43.4 Å². The summed E-state index contributed by atoms with van der Waals surface area (Å²) in [7, 11) is 1.43. The first-order valence-corrected chi connectivity index (χ1v) is 10.7. The molecule has 1 aliphatic heterocycles. The predicted molar refractivity (Wildman–Crippen MR) is 114 cm³/mol. The van der Waals surface area contributed by atoms with Crippen LogP contribution in [0.5, 0.6) is 0 Å². The summed E-state index contributed by atoms with van der Waals surface area (Å²) in [6, 6.07) is 1.82. The average Bonchev–Trinajstić information content (AvgIpc) is 3.11. The van der Waals surface area contributed by atoms with E-state index in [0.717, 1.165) is 62.0 Å². The van der Waals surface area contributed by atoms with Gasteiger partial charge in [0.15, 0.2) is 5.11 Å². The standard InChI is InChI=1S/C19H23N5O2S2/c1-26-17(25)15-13-5-2-3-6-14(13)28-16(15)22-19(27)24-11-9-23(10-12-24)18-20-7-4-8-21-18/h4,7-8H,2-3,5-6,9-12H2,1H3,(H,22,27). The number of ether oxygens (including phenoxy) is 1. The Kier molecular flexibility index (Phi) is 5.72. The summed E-state index contributed by atoms with van der Waals surface area (Å²) in [6.07, 6.45) is 7.75. The van der Waals surface area contributed by atoms with Crippen molar-refractivity contribution >= 4 is 45.6 Å². The van der Waals surface area contributed by atoms with E-state index in [0.29, 0.717) is 10.7 Å². The minimum atomic E-state index is -0.282. The minimum Gasteiger partial charge on any atom is -0.465 e. The van der Waals surface area contributed by atoms with Crippen LogP contribution in [0.15, 0.2) is 18.5 Å². The molecule has 28 heavy (non-hydrogen) atoms. The van der Waals surface area contributed by atoms with E-state index in [9.17, 15) is 4.79 Å². The van der Waals surface area contributed by atoms with Crippen LogP contribution in [0.4, 0.5) is 10.9 Å². The normalized spacial score (nSPS) is 16.5. The molecule has 0 spiro atoms. The third-order valence-electron chi connectivity index (χ3n) is 5.18. The third kappa shape index (κ3) is 3.81. The summed E-state index contributed by atoms with van der Waals surface area (Å²) in [5, 5.41) is 4.80. The number of methoxy groups -OCH3 is 1. The second-order valence-corrected chi connectivity index (χ2v) is 8.35. The lowest BCUT2D eigenvalue weighted by molar-refractivity contribution is 0.0601. The Morgan fingerprint density at radius 3 is 2.61 bits per heavy atom. The quantitative estimate of drug-likeness (QED) is 0.604. The number of esters is 1. The average molecular weight is 418 g/mol. The second-order valence-electron chi connectivity index (χ2n) is 6.86. The molecule has 0 atom stereocenters. The number of nitrogens with one attached hydrogen (secondary N) is 1. The summed E-state index contributed by atoms with van der Waals surface area (Å²) in [4.78, 5) is 26.6. The molecule has 2 aromatic heterocycles. The fraction of sp³-hybridized carbons (Fsp3) is 0.474. The minimum absolute atomic E-state index is 0.282. The zero-order valence-corrected chi connectivity index (χ0v) is 17.4. The van der Waals surface area contributed by atoms with Crippen molar-refractivity contribution in [1.82, 2.24) is 14.9 Å². The molecule has 0 unspecified atom stereocenters. The van der Waals surface area contributed by atoms with Crippen molar-refractivity contribution in [2.75, 3.05) is 43.5 Å². The number of aryl methyl sites for hydroxylation is 1. The van der Waals surface area contributed by atoms with Crippen LogP contribution in [-0.4, -0.2) is 59.2 Å². The van der Waals surface area contributed by atoms with Crippen LogP contribution in [0.2, 0.25) is 0 Å². The second kappa shape index (κ2) is 8.40. The van der Waals surface area contributed by atoms with Crippen LogP contribution in [0.3, 0.4) is 0 Å². The first kappa shape index (κ1) is 19.1. The Morgan fingerprint density at radius 2 is 1.89 bits per heavy atom. The van der Waals surface area contributed by atoms with Gasteiger partial charge in [-0.3, -0.25) is 0 Å². The molecule has 7 nitrogen and oxygen atoms in total. The summed E-state index contributed by atoms with van der Waals surface area (Å²) in [6.45, 7) is 3.17. The van der Waals surface area contributed by atoms with Crippen LogP contribution < -0.4 is 10.2 Å². The van der Waals surface area contributed by atoms with Gasteiger partial charge in [-0.25, -0.2) is 14.8 Å². The topological polar surface area (TPSA) is 70.6 Å². The lowest BCUT2D eigenvalue weighted by atomic mass is 9.95. The van der Waals surface area contributed by atoms with Crippen molar-refractivity contribution in [3.8, 4) is 0 Å². The lowest BCUT2D eigenvalue weighted by Crippen LogP contribution is -2.50. The highest BCUT2D eigenvalue weighted by Gasteiger charge is 2.28. The number of thiocarbonyl (C=S) groups is 1. The molecule has 1 saturated heterocycles. The van der Waals surface area contributed by atoms with E-state index in [4.69, 9.17) is 17.0 Å². The number of aromatic nitrogens is 2. The van der Waals surface area contributed by atoms with Gasteiger partial charge in [0.1, 0.15) is 5.00 Å². The molecule has 0 saturated carbocycles. The number of piperazine rings is 1. The summed E-state index contributed by atoms with van der Waals surface area (Å²) in [5.74, 6) is 0.468. The zero-order chi connectivity index (χ0) is 19.5. The van der Waals surface area contributed by atoms with Crippen molar-refractivity contribution in [3.05, 3.63) is 34.5 Å².